The molecule has 1 unspecified atom stereocenters. The van der Waals surface area contributed by atoms with E-state index in [2.05, 4.69) is 27.0 Å². The monoisotopic (exact) mass is 452 g/mol. The van der Waals surface area contributed by atoms with Gasteiger partial charge in [0, 0.05) is 44.3 Å². The lowest BCUT2D eigenvalue weighted by Gasteiger charge is -2.26. The predicted octanol–water partition coefficient (Wildman–Crippen LogP) is 4.15. The van der Waals surface area contributed by atoms with Crippen LogP contribution >= 0.6 is 11.6 Å². The van der Waals surface area contributed by atoms with Crippen molar-refractivity contribution in [1.82, 2.24) is 19.8 Å². The molecule has 2 N–H and O–H groups in total. The molecular formula is C24H25ClN4O3. The minimum atomic E-state index is -0.294. The van der Waals surface area contributed by atoms with E-state index in [-0.39, 0.29) is 34.0 Å². The SMILES string of the molecule is CN(Cc1cccc(C2CCCN2C(=O)c2cc(Cl)c(O)cc2O)c1)Cc1cnccn1. The highest BCUT2D eigenvalue weighted by molar-refractivity contribution is 6.32. The molecule has 3 aromatic rings. The van der Waals surface area contributed by atoms with Gasteiger partial charge in [0.2, 0.25) is 0 Å². The van der Waals surface area contributed by atoms with E-state index in [1.165, 1.54) is 6.07 Å². The number of aromatic hydroxyl groups is 2. The van der Waals surface area contributed by atoms with Crippen molar-refractivity contribution in [2.75, 3.05) is 13.6 Å². The molecular weight excluding hydrogens is 428 g/mol. The number of phenols is 2. The second kappa shape index (κ2) is 9.54. The van der Waals surface area contributed by atoms with Crippen molar-refractivity contribution in [2.24, 2.45) is 0 Å². The van der Waals surface area contributed by atoms with Crippen LogP contribution in [0.1, 0.15) is 46.1 Å². The van der Waals surface area contributed by atoms with Crippen LogP contribution < -0.4 is 0 Å². The van der Waals surface area contributed by atoms with Crippen molar-refractivity contribution in [3.8, 4) is 11.5 Å². The average molecular weight is 453 g/mol. The second-order valence-electron chi connectivity index (χ2n) is 8.09. The summed E-state index contributed by atoms with van der Waals surface area (Å²) in [6.45, 7) is 2.02. The molecule has 166 valence electrons. The van der Waals surface area contributed by atoms with E-state index < -0.39 is 0 Å². The average Bonchev–Trinajstić information content (AvgIpc) is 3.26. The Balaban J connectivity index is 1.50. The first-order valence-corrected chi connectivity index (χ1v) is 10.8. The van der Waals surface area contributed by atoms with E-state index >= 15 is 0 Å². The van der Waals surface area contributed by atoms with Crippen molar-refractivity contribution >= 4 is 17.5 Å². The lowest BCUT2D eigenvalue weighted by Crippen LogP contribution is -2.30. The van der Waals surface area contributed by atoms with Crippen LogP contribution in [0.15, 0.2) is 55.0 Å². The number of phenolic OH excluding ortho intramolecular Hbond substituents is 2. The van der Waals surface area contributed by atoms with Gasteiger partial charge in [-0.3, -0.25) is 19.7 Å². The van der Waals surface area contributed by atoms with E-state index in [0.29, 0.717) is 13.1 Å². The zero-order valence-electron chi connectivity index (χ0n) is 17.8. The molecule has 7 nitrogen and oxygen atoms in total. The molecule has 32 heavy (non-hydrogen) atoms. The van der Waals surface area contributed by atoms with Crippen molar-refractivity contribution in [2.45, 2.75) is 32.0 Å². The van der Waals surface area contributed by atoms with Crippen LogP contribution in [0.4, 0.5) is 0 Å². The van der Waals surface area contributed by atoms with Crippen LogP contribution in [0.25, 0.3) is 0 Å². The van der Waals surface area contributed by atoms with Crippen LogP contribution in [-0.4, -0.2) is 49.5 Å². The van der Waals surface area contributed by atoms with Gasteiger partial charge in [0.1, 0.15) is 11.5 Å². The highest BCUT2D eigenvalue weighted by Crippen LogP contribution is 2.37. The molecule has 1 fully saturated rings. The topological polar surface area (TPSA) is 89.8 Å². The van der Waals surface area contributed by atoms with Crippen molar-refractivity contribution < 1.29 is 15.0 Å². The van der Waals surface area contributed by atoms with Gasteiger partial charge in [-0.1, -0.05) is 35.9 Å². The molecule has 0 saturated carbocycles. The first-order valence-electron chi connectivity index (χ1n) is 10.5. The van der Waals surface area contributed by atoms with Crippen molar-refractivity contribution in [1.29, 1.82) is 0 Å². The molecule has 1 atom stereocenters. The third-order valence-electron chi connectivity index (χ3n) is 5.65. The van der Waals surface area contributed by atoms with Gasteiger partial charge < -0.3 is 15.1 Å². The van der Waals surface area contributed by atoms with Crippen LogP contribution in [-0.2, 0) is 13.1 Å². The summed E-state index contributed by atoms with van der Waals surface area (Å²) in [5, 5.41) is 19.9. The number of hydrogen-bond donors (Lipinski definition) is 2. The van der Waals surface area contributed by atoms with Crippen LogP contribution in [0.2, 0.25) is 5.02 Å². The number of likely N-dealkylation sites (tertiary alicyclic amines) is 1. The van der Waals surface area contributed by atoms with Crippen LogP contribution in [0.3, 0.4) is 0 Å². The lowest BCUT2D eigenvalue weighted by atomic mass is 10.0. The summed E-state index contributed by atoms with van der Waals surface area (Å²) in [6.07, 6.45) is 6.83. The quantitative estimate of drug-likeness (QED) is 0.584. The summed E-state index contributed by atoms with van der Waals surface area (Å²) in [6, 6.07) is 10.6. The number of halogens is 1. The third kappa shape index (κ3) is 4.84. The van der Waals surface area contributed by atoms with Gasteiger partial charge >= 0.3 is 0 Å². The summed E-state index contributed by atoms with van der Waals surface area (Å²) in [5.74, 6) is -0.823. The van der Waals surface area contributed by atoms with Gasteiger partial charge in [-0.05, 0) is 37.1 Å². The van der Waals surface area contributed by atoms with Gasteiger partial charge in [-0.15, -0.1) is 0 Å². The van der Waals surface area contributed by atoms with E-state index in [0.717, 1.165) is 42.3 Å². The van der Waals surface area contributed by atoms with E-state index in [9.17, 15) is 15.0 Å². The summed E-state index contributed by atoms with van der Waals surface area (Å²) in [7, 11) is 2.03. The van der Waals surface area contributed by atoms with Gasteiger partial charge in [0.15, 0.2) is 0 Å². The van der Waals surface area contributed by atoms with Gasteiger partial charge in [-0.2, -0.15) is 0 Å². The smallest absolute Gasteiger partial charge is 0.258 e. The molecule has 1 aliphatic rings. The zero-order chi connectivity index (χ0) is 22.7. The maximum atomic E-state index is 13.2. The van der Waals surface area contributed by atoms with Gasteiger partial charge in [0.25, 0.3) is 5.91 Å². The highest BCUT2D eigenvalue weighted by atomic mass is 35.5. The summed E-state index contributed by atoms with van der Waals surface area (Å²) in [5.41, 5.74) is 3.21. The third-order valence-corrected chi connectivity index (χ3v) is 5.95. The first-order chi connectivity index (χ1) is 15.4. The fourth-order valence-corrected chi connectivity index (χ4v) is 4.35. The molecule has 2 heterocycles. The predicted molar refractivity (Wildman–Crippen MR) is 121 cm³/mol. The summed E-state index contributed by atoms with van der Waals surface area (Å²) >= 11 is 5.97. The van der Waals surface area contributed by atoms with E-state index in [4.69, 9.17) is 11.6 Å². The maximum absolute atomic E-state index is 13.2. The van der Waals surface area contributed by atoms with E-state index in [1.807, 2.05) is 19.2 Å². The second-order valence-corrected chi connectivity index (χ2v) is 8.50. The molecule has 2 aromatic carbocycles. The minimum absolute atomic E-state index is 0.0371. The van der Waals surface area contributed by atoms with Crippen LogP contribution in [0, 0.1) is 0 Å². The Kier molecular flexibility index (Phi) is 6.58. The molecule has 0 radical (unpaired) electrons. The Bertz CT molecular complexity index is 1110. The molecule has 0 spiro atoms. The molecule has 1 aromatic heterocycles. The number of benzene rings is 2. The summed E-state index contributed by atoms with van der Waals surface area (Å²) < 4.78 is 0. The van der Waals surface area contributed by atoms with Crippen LogP contribution in [0.5, 0.6) is 11.5 Å². The van der Waals surface area contributed by atoms with Gasteiger partial charge in [-0.25, -0.2) is 0 Å². The Labute approximate surface area is 191 Å². The number of carbonyl (C=O) groups excluding carboxylic acids is 1. The summed E-state index contributed by atoms with van der Waals surface area (Å²) in [4.78, 5) is 25.6. The Morgan fingerprint density at radius 1 is 1.19 bits per heavy atom. The molecule has 1 amide bonds. The Morgan fingerprint density at radius 2 is 2.03 bits per heavy atom. The molecule has 4 rings (SSSR count). The lowest BCUT2D eigenvalue weighted by molar-refractivity contribution is 0.0732. The molecule has 8 heteroatoms. The van der Waals surface area contributed by atoms with Gasteiger partial charge in [0.05, 0.1) is 22.3 Å². The zero-order valence-corrected chi connectivity index (χ0v) is 18.5. The minimum Gasteiger partial charge on any atom is -0.507 e. The first kappa shape index (κ1) is 22.0. The van der Waals surface area contributed by atoms with E-state index in [1.54, 1.807) is 23.5 Å². The Morgan fingerprint density at radius 3 is 2.81 bits per heavy atom. The fourth-order valence-electron chi connectivity index (χ4n) is 4.19. The number of aromatic nitrogens is 2. The Hall–Kier alpha value is -3.16. The number of nitrogens with zero attached hydrogens (tertiary/aromatic N) is 4. The number of hydrogen-bond acceptors (Lipinski definition) is 6. The normalized spacial score (nSPS) is 16.0. The number of rotatable bonds is 6. The molecule has 1 aliphatic heterocycles. The standard InChI is InChI=1S/C24H25ClN4O3/c1-28(15-18-13-26-7-8-27-18)14-16-4-2-5-17(10-16)21-6-3-9-29(21)24(32)19-11-20(25)23(31)12-22(19)30/h2,4-5,7-8,10-13,21,30-31H,3,6,9,14-15H2,1H3. The molecule has 0 bridgehead atoms. The highest BCUT2D eigenvalue weighted by Gasteiger charge is 2.32. The van der Waals surface area contributed by atoms with Crippen molar-refractivity contribution in [3.63, 3.8) is 0 Å². The fraction of sp³-hybridized carbons (Fsp3) is 0.292. The van der Waals surface area contributed by atoms with Crippen molar-refractivity contribution in [3.05, 3.63) is 82.4 Å². The molecule has 0 aliphatic carbocycles. The largest absolute Gasteiger partial charge is 0.507 e. The molecule has 1 saturated heterocycles. The number of carbonyl (C=O) groups is 1. The number of amides is 1. The maximum Gasteiger partial charge on any atom is 0.258 e.